The van der Waals surface area contributed by atoms with Crippen molar-refractivity contribution in [1.82, 2.24) is 0 Å². The van der Waals surface area contributed by atoms with Crippen LogP contribution in [0.15, 0.2) is 0 Å². The third kappa shape index (κ3) is 1.04. The van der Waals surface area contributed by atoms with E-state index in [0.29, 0.717) is 18.4 Å². The maximum absolute atomic E-state index is 11.3. The van der Waals surface area contributed by atoms with Gasteiger partial charge >= 0.3 is 5.97 Å². The first-order valence-corrected chi connectivity index (χ1v) is 4.68. The van der Waals surface area contributed by atoms with E-state index in [9.17, 15) is 4.79 Å². The molecular weight excluding hydrogens is 154 g/mol. The molecule has 4 unspecified atom stereocenters. The van der Waals surface area contributed by atoms with Gasteiger partial charge < -0.3 is 10.5 Å². The van der Waals surface area contributed by atoms with Gasteiger partial charge in [-0.1, -0.05) is 0 Å². The van der Waals surface area contributed by atoms with Crippen molar-refractivity contribution in [3.63, 3.8) is 0 Å². The Hall–Kier alpha value is -0.570. The number of ether oxygens (including phenoxy) is 1. The minimum absolute atomic E-state index is 0.0253. The van der Waals surface area contributed by atoms with E-state index in [4.69, 9.17) is 10.5 Å². The van der Waals surface area contributed by atoms with Crippen molar-refractivity contribution < 1.29 is 9.53 Å². The van der Waals surface area contributed by atoms with Crippen LogP contribution in [0.5, 0.6) is 0 Å². The fourth-order valence-electron chi connectivity index (χ4n) is 2.50. The molecule has 2 aliphatic rings. The molecular formula is C9H15NO2. The van der Waals surface area contributed by atoms with Crippen molar-refractivity contribution >= 4 is 5.97 Å². The zero-order valence-corrected chi connectivity index (χ0v) is 7.32. The molecule has 0 aromatic rings. The van der Waals surface area contributed by atoms with Crippen molar-refractivity contribution in [3.05, 3.63) is 0 Å². The second-order valence-electron chi connectivity index (χ2n) is 3.76. The number of carbonyl (C=O) groups excluding carboxylic acids is 1. The molecule has 0 heterocycles. The first kappa shape index (κ1) is 8.05. The van der Waals surface area contributed by atoms with E-state index >= 15 is 0 Å². The van der Waals surface area contributed by atoms with Crippen molar-refractivity contribution in [3.8, 4) is 0 Å². The first-order chi connectivity index (χ1) is 5.75. The van der Waals surface area contributed by atoms with Crippen molar-refractivity contribution in [2.24, 2.45) is 23.5 Å². The zero-order valence-electron chi connectivity index (χ0n) is 7.32. The molecule has 0 saturated heterocycles. The maximum Gasteiger partial charge on any atom is 0.309 e. The van der Waals surface area contributed by atoms with E-state index in [2.05, 4.69) is 0 Å². The van der Waals surface area contributed by atoms with Gasteiger partial charge in [0.1, 0.15) is 0 Å². The summed E-state index contributed by atoms with van der Waals surface area (Å²) < 4.78 is 4.96. The standard InChI is InChI=1S/C9H15NO2/c1-2-12-9(11)8-5-3-4-6(10)7(5)8/h5-8H,2-4,10H2,1H3. The quantitative estimate of drug-likeness (QED) is 0.613. The highest BCUT2D eigenvalue weighted by Crippen LogP contribution is 2.57. The largest absolute Gasteiger partial charge is 0.466 e. The Morgan fingerprint density at radius 2 is 2.33 bits per heavy atom. The lowest BCUT2D eigenvalue weighted by molar-refractivity contribution is -0.145. The number of nitrogens with two attached hydrogens (primary N) is 1. The molecule has 0 radical (unpaired) electrons. The number of esters is 1. The topological polar surface area (TPSA) is 52.3 Å². The van der Waals surface area contributed by atoms with Gasteiger partial charge in [0.05, 0.1) is 12.5 Å². The molecule has 0 spiro atoms. The zero-order chi connectivity index (χ0) is 8.72. The average molecular weight is 169 g/mol. The number of rotatable bonds is 2. The van der Waals surface area contributed by atoms with E-state index in [1.54, 1.807) is 0 Å². The smallest absolute Gasteiger partial charge is 0.309 e. The van der Waals surface area contributed by atoms with Gasteiger partial charge in [-0.15, -0.1) is 0 Å². The Kier molecular flexibility index (Phi) is 1.83. The van der Waals surface area contributed by atoms with Crippen LogP contribution >= 0.6 is 0 Å². The van der Waals surface area contributed by atoms with Gasteiger partial charge in [0.15, 0.2) is 0 Å². The van der Waals surface area contributed by atoms with Gasteiger partial charge in [0.25, 0.3) is 0 Å². The summed E-state index contributed by atoms with van der Waals surface area (Å²) in [7, 11) is 0. The number of fused-ring (bicyclic) bond motifs is 1. The summed E-state index contributed by atoms with van der Waals surface area (Å²) in [5.74, 6) is 1.12. The molecule has 2 N–H and O–H groups in total. The Bertz CT molecular complexity index is 205. The SMILES string of the molecule is CCOC(=O)C1C2CCC(N)C21. The lowest BCUT2D eigenvalue weighted by Gasteiger charge is -2.07. The number of hydrogen-bond acceptors (Lipinski definition) is 3. The summed E-state index contributed by atoms with van der Waals surface area (Å²) in [6.45, 7) is 2.33. The van der Waals surface area contributed by atoms with Gasteiger partial charge in [0.2, 0.25) is 0 Å². The van der Waals surface area contributed by atoms with Gasteiger partial charge in [-0.3, -0.25) is 4.79 Å². The lowest BCUT2D eigenvalue weighted by atomic mass is 10.1. The summed E-state index contributed by atoms with van der Waals surface area (Å²) in [6, 6.07) is 0.254. The Morgan fingerprint density at radius 1 is 1.58 bits per heavy atom. The van der Waals surface area contributed by atoms with Crippen LogP contribution in [0.3, 0.4) is 0 Å². The fraction of sp³-hybridized carbons (Fsp3) is 0.889. The van der Waals surface area contributed by atoms with Crippen LogP contribution in [-0.2, 0) is 9.53 Å². The second-order valence-corrected chi connectivity index (χ2v) is 3.76. The molecule has 0 aromatic carbocycles. The van der Waals surface area contributed by atoms with E-state index in [1.807, 2.05) is 6.92 Å². The van der Waals surface area contributed by atoms with Crippen LogP contribution in [0, 0.1) is 17.8 Å². The molecule has 2 saturated carbocycles. The normalized spacial score (nSPS) is 43.8. The van der Waals surface area contributed by atoms with Crippen molar-refractivity contribution in [2.75, 3.05) is 6.61 Å². The molecule has 2 rings (SSSR count). The van der Waals surface area contributed by atoms with Crippen molar-refractivity contribution in [1.29, 1.82) is 0 Å². The summed E-state index contributed by atoms with van der Waals surface area (Å²) in [6.07, 6.45) is 2.21. The van der Waals surface area contributed by atoms with E-state index in [1.165, 1.54) is 0 Å². The molecule has 4 atom stereocenters. The molecule has 2 aliphatic carbocycles. The molecule has 12 heavy (non-hydrogen) atoms. The monoisotopic (exact) mass is 169 g/mol. The first-order valence-electron chi connectivity index (χ1n) is 4.68. The molecule has 0 aromatic heterocycles. The van der Waals surface area contributed by atoms with Gasteiger partial charge in [-0.05, 0) is 31.6 Å². The van der Waals surface area contributed by atoms with Crippen LogP contribution in [0.2, 0.25) is 0 Å². The van der Waals surface area contributed by atoms with Gasteiger partial charge in [0, 0.05) is 6.04 Å². The van der Waals surface area contributed by atoms with Crippen LogP contribution in [-0.4, -0.2) is 18.6 Å². The van der Waals surface area contributed by atoms with Gasteiger partial charge in [-0.25, -0.2) is 0 Å². The number of carbonyl (C=O) groups is 1. The summed E-state index contributed by atoms with van der Waals surface area (Å²) >= 11 is 0. The molecule has 3 nitrogen and oxygen atoms in total. The highest BCUT2D eigenvalue weighted by Gasteiger charge is 2.61. The summed E-state index contributed by atoms with van der Waals surface area (Å²) in [4.78, 5) is 11.3. The predicted octanol–water partition coefficient (Wildman–Crippen LogP) is 0.533. The summed E-state index contributed by atoms with van der Waals surface area (Å²) in [5, 5.41) is 0. The van der Waals surface area contributed by atoms with E-state index in [-0.39, 0.29) is 17.9 Å². The molecule has 0 amide bonds. The molecule has 0 aliphatic heterocycles. The Labute approximate surface area is 72.3 Å². The Balaban J connectivity index is 1.90. The minimum Gasteiger partial charge on any atom is -0.466 e. The molecule has 2 fully saturated rings. The lowest BCUT2D eigenvalue weighted by Crippen LogP contribution is -2.23. The summed E-state index contributed by atoms with van der Waals surface area (Å²) in [5.41, 5.74) is 5.84. The number of hydrogen-bond donors (Lipinski definition) is 1. The molecule has 3 heteroatoms. The fourth-order valence-corrected chi connectivity index (χ4v) is 2.50. The highest BCUT2D eigenvalue weighted by atomic mass is 16.5. The van der Waals surface area contributed by atoms with E-state index in [0.717, 1.165) is 12.8 Å². The highest BCUT2D eigenvalue weighted by molar-refractivity contribution is 5.77. The van der Waals surface area contributed by atoms with Crippen LogP contribution in [0.4, 0.5) is 0 Å². The third-order valence-electron chi connectivity index (χ3n) is 3.12. The van der Waals surface area contributed by atoms with Crippen LogP contribution < -0.4 is 5.73 Å². The minimum atomic E-state index is -0.0253. The van der Waals surface area contributed by atoms with Crippen LogP contribution in [0.1, 0.15) is 19.8 Å². The Morgan fingerprint density at radius 3 is 2.83 bits per heavy atom. The van der Waals surface area contributed by atoms with Crippen molar-refractivity contribution in [2.45, 2.75) is 25.8 Å². The second kappa shape index (κ2) is 2.73. The third-order valence-corrected chi connectivity index (χ3v) is 3.12. The van der Waals surface area contributed by atoms with E-state index < -0.39 is 0 Å². The molecule has 68 valence electrons. The predicted molar refractivity (Wildman–Crippen MR) is 44.3 cm³/mol. The van der Waals surface area contributed by atoms with Gasteiger partial charge in [-0.2, -0.15) is 0 Å². The maximum atomic E-state index is 11.3. The van der Waals surface area contributed by atoms with Crippen LogP contribution in [0.25, 0.3) is 0 Å². The average Bonchev–Trinajstić information content (AvgIpc) is 2.65. The molecule has 0 bridgehead atoms.